The van der Waals surface area contributed by atoms with Gasteiger partial charge in [-0.25, -0.2) is 0 Å². The zero-order valence-electron chi connectivity index (χ0n) is 9.63. The second-order valence-electron chi connectivity index (χ2n) is 4.52. The van der Waals surface area contributed by atoms with Crippen molar-refractivity contribution in [3.63, 3.8) is 0 Å². The van der Waals surface area contributed by atoms with Crippen LogP contribution >= 0.6 is 0 Å². The molecule has 4 heteroatoms. The molecule has 0 aliphatic heterocycles. The van der Waals surface area contributed by atoms with Crippen molar-refractivity contribution in [3.8, 4) is 0 Å². The van der Waals surface area contributed by atoms with E-state index >= 15 is 0 Å². The predicted molar refractivity (Wildman–Crippen MR) is 56.3 cm³/mol. The summed E-state index contributed by atoms with van der Waals surface area (Å²) in [6.07, 6.45) is 0.832. The van der Waals surface area contributed by atoms with Crippen LogP contribution in [-0.4, -0.2) is 48.2 Å². The minimum atomic E-state index is -0.593. The fraction of sp³-hybridized carbons (Fsp3) is 1.00. The molecular formula is C10H23NO3. The first kappa shape index (κ1) is 13.8. The fourth-order valence-corrected chi connectivity index (χ4v) is 0.929. The molecule has 86 valence electrons. The quantitative estimate of drug-likeness (QED) is 0.553. The Bertz CT molecular complexity index is 155. The van der Waals surface area contributed by atoms with Crippen molar-refractivity contribution in [1.29, 1.82) is 0 Å². The molecule has 0 unspecified atom stereocenters. The highest BCUT2D eigenvalue weighted by Gasteiger charge is 2.23. The van der Waals surface area contributed by atoms with Gasteiger partial charge in [0.25, 0.3) is 0 Å². The highest BCUT2D eigenvalue weighted by Crippen LogP contribution is 2.12. The van der Waals surface area contributed by atoms with Crippen LogP contribution in [0.25, 0.3) is 0 Å². The topological polar surface area (TPSA) is 61.7 Å². The normalized spacial score (nSPS) is 13.3. The molecular weight excluding hydrogens is 182 g/mol. The summed E-state index contributed by atoms with van der Waals surface area (Å²) >= 11 is 0. The molecule has 0 aliphatic rings. The van der Waals surface area contributed by atoms with Crippen LogP contribution < -0.4 is 5.32 Å². The SMILES string of the molecule is COC(C)(C)CCNC(C)(CO)CO. The maximum Gasteiger partial charge on any atom is 0.0634 e. The van der Waals surface area contributed by atoms with Gasteiger partial charge in [-0.15, -0.1) is 0 Å². The predicted octanol–water partition coefficient (Wildman–Crippen LogP) is 0.134. The Labute approximate surface area is 86.3 Å². The first-order chi connectivity index (χ1) is 6.39. The summed E-state index contributed by atoms with van der Waals surface area (Å²) in [7, 11) is 1.68. The molecule has 0 atom stereocenters. The summed E-state index contributed by atoms with van der Waals surface area (Å²) in [6, 6.07) is 0. The molecule has 0 saturated heterocycles. The van der Waals surface area contributed by atoms with Crippen molar-refractivity contribution in [2.24, 2.45) is 0 Å². The number of aliphatic hydroxyl groups excluding tert-OH is 2. The van der Waals surface area contributed by atoms with Crippen LogP contribution in [0.3, 0.4) is 0 Å². The molecule has 0 aliphatic carbocycles. The molecule has 4 nitrogen and oxygen atoms in total. The zero-order chi connectivity index (χ0) is 11.2. The van der Waals surface area contributed by atoms with Crippen molar-refractivity contribution in [2.75, 3.05) is 26.9 Å². The Kier molecular flexibility index (Phi) is 5.59. The van der Waals surface area contributed by atoms with Crippen molar-refractivity contribution in [2.45, 2.75) is 38.3 Å². The van der Waals surface area contributed by atoms with E-state index in [9.17, 15) is 0 Å². The minimum Gasteiger partial charge on any atom is -0.394 e. The van der Waals surface area contributed by atoms with Gasteiger partial charge in [0.1, 0.15) is 0 Å². The molecule has 0 bridgehead atoms. The summed E-state index contributed by atoms with van der Waals surface area (Å²) in [5, 5.41) is 21.1. The lowest BCUT2D eigenvalue weighted by atomic mass is 10.0. The van der Waals surface area contributed by atoms with Crippen molar-refractivity contribution < 1.29 is 14.9 Å². The standard InChI is InChI=1S/C10H23NO3/c1-9(2,14-4)5-6-11-10(3,7-12)8-13/h11-13H,5-8H2,1-4H3. The lowest BCUT2D eigenvalue weighted by Gasteiger charge is -2.29. The molecule has 0 radical (unpaired) electrons. The van der Waals surface area contributed by atoms with Crippen molar-refractivity contribution in [3.05, 3.63) is 0 Å². The second kappa shape index (κ2) is 5.66. The van der Waals surface area contributed by atoms with E-state index in [-0.39, 0.29) is 18.8 Å². The maximum atomic E-state index is 9.02. The van der Waals surface area contributed by atoms with Crippen LogP contribution in [0, 0.1) is 0 Å². The van der Waals surface area contributed by atoms with Crippen LogP contribution in [0.2, 0.25) is 0 Å². The van der Waals surface area contributed by atoms with E-state index in [0.29, 0.717) is 6.54 Å². The summed E-state index contributed by atoms with van der Waals surface area (Å²) < 4.78 is 5.25. The molecule has 0 aromatic carbocycles. The van der Waals surface area contributed by atoms with Crippen LogP contribution in [0.5, 0.6) is 0 Å². The Balaban J connectivity index is 3.83. The van der Waals surface area contributed by atoms with Crippen LogP contribution in [0.4, 0.5) is 0 Å². The van der Waals surface area contributed by atoms with E-state index in [0.717, 1.165) is 6.42 Å². The van der Waals surface area contributed by atoms with Crippen LogP contribution in [-0.2, 0) is 4.74 Å². The highest BCUT2D eigenvalue weighted by atomic mass is 16.5. The van der Waals surface area contributed by atoms with Crippen LogP contribution in [0.15, 0.2) is 0 Å². The molecule has 0 heterocycles. The Morgan fingerprint density at radius 1 is 1.14 bits per heavy atom. The van der Waals surface area contributed by atoms with Gasteiger partial charge in [0.15, 0.2) is 0 Å². The number of ether oxygens (including phenoxy) is 1. The molecule has 14 heavy (non-hydrogen) atoms. The van der Waals surface area contributed by atoms with E-state index in [2.05, 4.69) is 5.32 Å². The Morgan fingerprint density at radius 3 is 2.00 bits per heavy atom. The van der Waals surface area contributed by atoms with Crippen LogP contribution in [0.1, 0.15) is 27.2 Å². The minimum absolute atomic E-state index is 0.0725. The highest BCUT2D eigenvalue weighted by molar-refractivity contribution is 4.82. The third kappa shape index (κ3) is 4.91. The third-order valence-corrected chi connectivity index (χ3v) is 2.53. The molecule has 0 spiro atoms. The molecule has 0 fully saturated rings. The maximum absolute atomic E-state index is 9.02. The molecule has 0 aromatic heterocycles. The first-order valence-corrected chi connectivity index (χ1v) is 4.91. The van der Waals surface area contributed by atoms with Crippen molar-refractivity contribution in [1.82, 2.24) is 5.32 Å². The monoisotopic (exact) mass is 205 g/mol. The molecule has 0 saturated carbocycles. The van der Waals surface area contributed by atoms with Crippen molar-refractivity contribution >= 4 is 0 Å². The van der Waals surface area contributed by atoms with Gasteiger partial charge >= 0.3 is 0 Å². The van der Waals surface area contributed by atoms with Gasteiger partial charge in [0.05, 0.1) is 24.4 Å². The Hall–Kier alpha value is -0.160. The largest absolute Gasteiger partial charge is 0.394 e. The first-order valence-electron chi connectivity index (χ1n) is 4.91. The molecule has 0 aromatic rings. The lowest BCUT2D eigenvalue weighted by molar-refractivity contribution is 0.0114. The number of hydrogen-bond donors (Lipinski definition) is 3. The van der Waals surface area contributed by atoms with Gasteiger partial charge in [-0.1, -0.05) is 0 Å². The van der Waals surface area contributed by atoms with Gasteiger partial charge in [-0.2, -0.15) is 0 Å². The number of rotatable bonds is 7. The van der Waals surface area contributed by atoms with Gasteiger partial charge < -0.3 is 20.3 Å². The van der Waals surface area contributed by atoms with E-state index < -0.39 is 5.54 Å². The van der Waals surface area contributed by atoms with Gasteiger partial charge in [-0.05, 0) is 33.7 Å². The van der Waals surface area contributed by atoms with E-state index in [4.69, 9.17) is 14.9 Å². The summed E-state index contributed by atoms with van der Waals surface area (Å²) in [5.41, 5.74) is -0.761. The number of hydrogen-bond acceptors (Lipinski definition) is 4. The second-order valence-corrected chi connectivity index (χ2v) is 4.52. The van der Waals surface area contributed by atoms with E-state index in [1.165, 1.54) is 0 Å². The summed E-state index contributed by atoms with van der Waals surface area (Å²) in [5.74, 6) is 0. The number of aliphatic hydroxyl groups is 2. The molecule has 3 N–H and O–H groups in total. The summed E-state index contributed by atoms with van der Waals surface area (Å²) in [4.78, 5) is 0. The third-order valence-electron chi connectivity index (χ3n) is 2.53. The average molecular weight is 205 g/mol. The summed E-state index contributed by atoms with van der Waals surface area (Å²) in [6.45, 7) is 6.35. The zero-order valence-corrected chi connectivity index (χ0v) is 9.63. The van der Waals surface area contributed by atoms with Gasteiger partial charge in [-0.3, -0.25) is 0 Å². The smallest absolute Gasteiger partial charge is 0.0634 e. The Morgan fingerprint density at radius 2 is 1.64 bits per heavy atom. The lowest BCUT2D eigenvalue weighted by Crippen LogP contribution is -2.50. The van der Waals surface area contributed by atoms with E-state index in [1.807, 2.05) is 13.8 Å². The van der Waals surface area contributed by atoms with Gasteiger partial charge in [0, 0.05) is 7.11 Å². The number of nitrogens with one attached hydrogen (secondary N) is 1. The number of methoxy groups -OCH3 is 1. The fourth-order valence-electron chi connectivity index (χ4n) is 0.929. The van der Waals surface area contributed by atoms with E-state index in [1.54, 1.807) is 14.0 Å². The molecule has 0 rings (SSSR count). The molecule has 0 amide bonds. The van der Waals surface area contributed by atoms with Gasteiger partial charge in [0.2, 0.25) is 0 Å². The average Bonchev–Trinajstić information content (AvgIpc) is 2.17.